The lowest BCUT2D eigenvalue weighted by Crippen LogP contribution is -2.17. The summed E-state index contributed by atoms with van der Waals surface area (Å²) in [5, 5.41) is 12.7. The van der Waals surface area contributed by atoms with Crippen molar-refractivity contribution in [1.82, 2.24) is 4.98 Å². The molecule has 0 fully saturated rings. The van der Waals surface area contributed by atoms with Gasteiger partial charge in [0, 0.05) is 34.8 Å². The van der Waals surface area contributed by atoms with Crippen molar-refractivity contribution in [3.8, 4) is 0 Å². The smallest absolute Gasteiger partial charge is 0.261 e. The van der Waals surface area contributed by atoms with Crippen molar-refractivity contribution >= 4 is 40.0 Å². The van der Waals surface area contributed by atoms with E-state index in [0.717, 1.165) is 24.3 Å². The molecule has 0 saturated carbocycles. The number of aromatic nitrogens is 1. The van der Waals surface area contributed by atoms with Gasteiger partial charge >= 0.3 is 0 Å². The van der Waals surface area contributed by atoms with Gasteiger partial charge in [-0.15, -0.1) is 11.3 Å². The van der Waals surface area contributed by atoms with E-state index in [-0.39, 0.29) is 17.0 Å². The summed E-state index contributed by atoms with van der Waals surface area (Å²) in [6.07, 6.45) is 3.43. The van der Waals surface area contributed by atoms with Crippen LogP contribution in [0.1, 0.15) is 35.2 Å². The van der Waals surface area contributed by atoms with Gasteiger partial charge in [-0.2, -0.15) is 0 Å². The standard InChI is InChI=1S/C21H17F3N4OS/c1-2-18(25)14(11-27-21-26-8-9-30-21)13-7-6-12(10-17(13)24)28-20(29)19-15(22)4-3-5-16(19)23/h3-11,14,25H,2H2,1H3,(H,28,29). The number of hydrogen-bond donors (Lipinski definition) is 2. The molecule has 2 aromatic carbocycles. The van der Waals surface area contributed by atoms with Crippen LogP contribution in [0.15, 0.2) is 53.0 Å². The van der Waals surface area contributed by atoms with Gasteiger partial charge in [0.05, 0.1) is 5.92 Å². The highest BCUT2D eigenvalue weighted by molar-refractivity contribution is 7.13. The molecule has 1 unspecified atom stereocenters. The third kappa shape index (κ3) is 4.80. The second kappa shape index (κ2) is 9.45. The van der Waals surface area contributed by atoms with Crippen LogP contribution in [-0.4, -0.2) is 22.8 Å². The van der Waals surface area contributed by atoms with E-state index in [1.807, 2.05) is 0 Å². The molecule has 3 aromatic rings. The van der Waals surface area contributed by atoms with Crippen LogP contribution in [0.5, 0.6) is 0 Å². The van der Waals surface area contributed by atoms with Crippen molar-refractivity contribution in [3.05, 3.63) is 76.6 Å². The summed E-state index contributed by atoms with van der Waals surface area (Å²) in [5.41, 5.74) is -0.276. The predicted octanol–water partition coefficient (Wildman–Crippen LogP) is 5.73. The molecule has 0 aliphatic carbocycles. The molecule has 0 saturated heterocycles. The van der Waals surface area contributed by atoms with E-state index in [2.05, 4.69) is 15.3 Å². The molecule has 154 valence electrons. The van der Waals surface area contributed by atoms with Crippen molar-refractivity contribution in [2.24, 2.45) is 4.99 Å². The number of nitrogens with one attached hydrogen (secondary N) is 2. The van der Waals surface area contributed by atoms with Crippen LogP contribution in [0.25, 0.3) is 0 Å². The summed E-state index contributed by atoms with van der Waals surface area (Å²) in [6.45, 7) is 1.78. The fraction of sp³-hybridized carbons (Fsp3) is 0.143. The average Bonchev–Trinajstić information content (AvgIpc) is 3.22. The number of hydrogen-bond acceptors (Lipinski definition) is 5. The number of carbonyl (C=O) groups is 1. The molecule has 3 rings (SSSR count). The summed E-state index contributed by atoms with van der Waals surface area (Å²) < 4.78 is 42.3. The molecule has 0 radical (unpaired) electrons. The van der Waals surface area contributed by atoms with Crippen LogP contribution in [0.4, 0.5) is 24.0 Å². The molecule has 1 aromatic heterocycles. The first-order chi connectivity index (χ1) is 14.4. The Bertz CT molecular complexity index is 1080. The van der Waals surface area contributed by atoms with Gasteiger partial charge in [-0.1, -0.05) is 19.1 Å². The Morgan fingerprint density at radius 2 is 1.97 bits per heavy atom. The van der Waals surface area contributed by atoms with Crippen LogP contribution >= 0.6 is 11.3 Å². The van der Waals surface area contributed by atoms with Crippen LogP contribution in [0.3, 0.4) is 0 Å². The molecule has 5 nitrogen and oxygen atoms in total. The Balaban J connectivity index is 1.85. The Morgan fingerprint density at radius 3 is 2.57 bits per heavy atom. The highest BCUT2D eigenvalue weighted by Gasteiger charge is 2.20. The third-order valence-electron chi connectivity index (χ3n) is 4.29. The Kier molecular flexibility index (Phi) is 6.73. The second-order valence-electron chi connectivity index (χ2n) is 6.24. The van der Waals surface area contributed by atoms with Crippen LogP contribution in [0.2, 0.25) is 0 Å². The van der Waals surface area contributed by atoms with E-state index >= 15 is 0 Å². The zero-order valence-electron chi connectivity index (χ0n) is 15.8. The van der Waals surface area contributed by atoms with Crippen LogP contribution in [0, 0.1) is 22.9 Å². The molecular weight excluding hydrogens is 413 g/mol. The summed E-state index contributed by atoms with van der Waals surface area (Å²) >= 11 is 1.31. The van der Waals surface area contributed by atoms with E-state index < -0.39 is 34.8 Å². The first-order valence-corrected chi connectivity index (χ1v) is 9.84. The van der Waals surface area contributed by atoms with E-state index in [4.69, 9.17) is 5.41 Å². The number of carbonyl (C=O) groups excluding carboxylic acids is 1. The highest BCUT2D eigenvalue weighted by atomic mass is 32.1. The Labute approximate surface area is 174 Å². The number of amides is 1. The number of nitrogens with zero attached hydrogens (tertiary/aromatic N) is 2. The number of anilines is 1. The SMILES string of the molecule is CCC(=N)C(C=Nc1nccs1)c1ccc(NC(=O)c2c(F)cccc2F)cc1F. The van der Waals surface area contributed by atoms with Crippen molar-refractivity contribution in [2.45, 2.75) is 19.3 Å². The van der Waals surface area contributed by atoms with Gasteiger partial charge in [0.1, 0.15) is 23.0 Å². The topological polar surface area (TPSA) is 78.2 Å². The van der Waals surface area contributed by atoms with Crippen molar-refractivity contribution in [2.75, 3.05) is 5.32 Å². The Morgan fingerprint density at radius 1 is 1.23 bits per heavy atom. The zero-order valence-corrected chi connectivity index (χ0v) is 16.6. The maximum Gasteiger partial charge on any atom is 0.261 e. The molecule has 9 heteroatoms. The molecule has 2 N–H and O–H groups in total. The lowest BCUT2D eigenvalue weighted by atomic mass is 9.93. The average molecular weight is 430 g/mol. The van der Waals surface area contributed by atoms with Gasteiger partial charge in [0.15, 0.2) is 0 Å². The van der Waals surface area contributed by atoms with Crippen molar-refractivity contribution < 1.29 is 18.0 Å². The summed E-state index contributed by atoms with van der Waals surface area (Å²) in [6, 6.07) is 6.92. The minimum absolute atomic E-state index is 0.0301. The maximum absolute atomic E-state index is 14.8. The third-order valence-corrected chi connectivity index (χ3v) is 4.97. The first kappa shape index (κ1) is 21.4. The van der Waals surface area contributed by atoms with E-state index in [0.29, 0.717) is 11.6 Å². The minimum atomic E-state index is -1.03. The molecule has 0 spiro atoms. The number of halogens is 3. The predicted molar refractivity (Wildman–Crippen MR) is 112 cm³/mol. The maximum atomic E-state index is 14.8. The highest BCUT2D eigenvalue weighted by Crippen LogP contribution is 2.25. The largest absolute Gasteiger partial charge is 0.322 e. The molecule has 1 atom stereocenters. The van der Waals surface area contributed by atoms with E-state index in [1.165, 1.54) is 29.7 Å². The van der Waals surface area contributed by atoms with Crippen molar-refractivity contribution in [3.63, 3.8) is 0 Å². The van der Waals surface area contributed by atoms with Crippen molar-refractivity contribution in [1.29, 1.82) is 5.41 Å². The summed E-state index contributed by atoms with van der Waals surface area (Å²) in [7, 11) is 0. The molecule has 0 bridgehead atoms. The van der Waals surface area contributed by atoms with Gasteiger partial charge in [-0.25, -0.2) is 23.1 Å². The lowest BCUT2D eigenvalue weighted by Gasteiger charge is -2.15. The number of thiazole rings is 1. The van der Waals surface area contributed by atoms with Gasteiger partial charge in [0.25, 0.3) is 5.91 Å². The molecule has 1 amide bonds. The number of aliphatic imine (C=N–C) groups is 1. The van der Waals surface area contributed by atoms with Gasteiger partial charge in [-0.3, -0.25) is 4.79 Å². The fourth-order valence-corrected chi connectivity index (χ4v) is 3.25. The number of rotatable bonds is 7. The molecular formula is C21H17F3N4OS. The second-order valence-corrected chi connectivity index (χ2v) is 7.11. The normalized spacial score (nSPS) is 12.1. The van der Waals surface area contributed by atoms with E-state index in [9.17, 15) is 18.0 Å². The fourth-order valence-electron chi connectivity index (χ4n) is 2.76. The summed E-state index contributed by atoms with van der Waals surface area (Å²) in [5.74, 6) is -4.46. The monoisotopic (exact) mass is 430 g/mol. The molecule has 0 aliphatic rings. The quantitative estimate of drug-likeness (QED) is 0.470. The van der Waals surface area contributed by atoms with Gasteiger partial charge in [0.2, 0.25) is 5.13 Å². The van der Waals surface area contributed by atoms with E-state index in [1.54, 1.807) is 18.5 Å². The van der Waals surface area contributed by atoms with Crippen LogP contribution in [-0.2, 0) is 0 Å². The van der Waals surface area contributed by atoms with Crippen LogP contribution < -0.4 is 5.32 Å². The molecule has 1 heterocycles. The van der Waals surface area contributed by atoms with Gasteiger partial charge in [-0.05, 0) is 30.7 Å². The minimum Gasteiger partial charge on any atom is -0.322 e. The zero-order chi connectivity index (χ0) is 21.7. The first-order valence-electron chi connectivity index (χ1n) is 8.96. The van der Waals surface area contributed by atoms with Gasteiger partial charge < -0.3 is 10.7 Å². The molecule has 30 heavy (non-hydrogen) atoms. The Hall–Kier alpha value is -3.33. The summed E-state index contributed by atoms with van der Waals surface area (Å²) in [4.78, 5) is 20.4. The molecule has 0 aliphatic heterocycles. The lowest BCUT2D eigenvalue weighted by molar-refractivity contribution is 0.101. The number of benzene rings is 2.